The number of rotatable bonds is 8. The summed E-state index contributed by atoms with van der Waals surface area (Å²) in [5.41, 5.74) is 0. The molecule has 2 aromatic carbocycles. The SMILES string of the molecule is C.CC.CC.CC(C)C.COCCOc1ccccc1.COCCOc1ccccc1. The van der Waals surface area contributed by atoms with Crippen LogP contribution >= 0.6 is 0 Å². The Bertz CT molecular complexity index is 453. The van der Waals surface area contributed by atoms with Crippen LogP contribution in [0.15, 0.2) is 60.7 Å². The molecule has 0 unspecified atom stereocenters. The van der Waals surface area contributed by atoms with E-state index in [-0.39, 0.29) is 7.43 Å². The number of methoxy groups -OCH3 is 2. The zero-order chi connectivity index (χ0) is 23.5. The van der Waals surface area contributed by atoms with Crippen molar-refractivity contribution in [2.75, 3.05) is 40.6 Å². The van der Waals surface area contributed by atoms with E-state index in [4.69, 9.17) is 18.9 Å². The zero-order valence-electron chi connectivity index (χ0n) is 20.8. The van der Waals surface area contributed by atoms with Crippen LogP contribution < -0.4 is 9.47 Å². The molecule has 0 aliphatic rings. The molecule has 0 radical (unpaired) electrons. The van der Waals surface area contributed by atoms with Gasteiger partial charge in [-0.15, -0.1) is 0 Å². The molecule has 0 spiro atoms. The Morgan fingerprint density at radius 2 is 0.806 bits per heavy atom. The van der Waals surface area contributed by atoms with Crippen molar-refractivity contribution in [3.63, 3.8) is 0 Å². The highest BCUT2D eigenvalue weighted by molar-refractivity contribution is 5.21. The lowest BCUT2D eigenvalue weighted by molar-refractivity contribution is 0.146. The fourth-order valence-electron chi connectivity index (χ4n) is 1.52. The molecule has 0 aromatic heterocycles. The van der Waals surface area contributed by atoms with Gasteiger partial charge in [-0.05, 0) is 30.2 Å². The summed E-state index contributed by atoms with van der Waals surface area (Å²) in [6.45, 7) is 17.0. The highest BCUT2D eigenvalue weighted by Gasteiger charge is 1.89. The first-order valence-corrected chi connectivity index (χ1v) is 10.9. The molecule has 0 atom stereocenters. The van der Waals surface area contributed by atoms with Gasteiger partial charge >= 0.3 is 0 Å². The van der Waals surface area contributed by atoms with Crippen molar-refractivity contribution in [2.24, 2.45) is 5.92 Å². The number of hydrogen-bond donors (Lipinski definition) is 0. The van der Waals surface area contributed by atoms with Crippen molar-refractivity contribution in [3.05, 3.63) is 60.7 Å². The van der Waals surface area contributed by atoms with Crippen molar-refractivity contribution in [2.45, 2.75) is 55.9 Å². The predicted octanol–water partition coefficient (Wildman–Crippen LogP) is 7.77. The molecule has 0 aliphatic heterocycles. The molecule has 0 heterocycles. The van der Waals surface area contributed by atoms with Crippen LogP contribution in [0, 0.1) is 5.92 Å². The van der Waals surface area contributed by atoms with E-state index in [1.807, 2.05) is 88.4 Å². The van der Waals surface area contributed by atoms with Crippen LogP contribution in [-0.4, -0.2) is 40.6 Å². The predicted molar refractivity (Wildman–Crippen MR) is 138 cm³/mol. The highest BCUT2D eigenvalue weighted by Crippen LogP contribution is 2.08. The van der Waals surface area contributed by atoms with E-state index in [0.29, 0.717) is 26.4 Å². The van der Waals surface area contributed by atoms with Gasteiger partial charge < -0.3 is 18.9 Å². The average Bonchev–Trinajstić information content (AvgIpc) is 2.79. The second-order valence-electron chi connectivity index (χ2n) is 6.04. The normalized spacial score (nSPS) is 8.32. The smallest absolute Gasteiger partial charge is 0.119 e. The van der Waals surface area contributed by atoms with Gasteiger partial charge in [0, 0.05) is 14.2 Å². The molecule has 0 saturated carbocycles. The summed E-state index contributed by atoms with van der Waals surface area (Å²) in [7, 11) is 3.32. The molecule has 0 amide bonds. The molecule has 182 valence electrons. The molecular weight excluding hydrogens is 388 g/mol. The van der Waals surface area contributed by atoms with Crippen LogP contribution in [0.5, 0.6) is 11.5 Å². The van der Waals surface area contributed by atoms with Crippen molar-refractivity contribution < 1.29 is 18.9 Å². The van der Waals surface area contributed by atoms with Gasteiger partial charge in [0.15, 0.2) is 0 Å². The van der Waals surface area contributed by atoms with E-state index in [1.165, 1.54) is 0 Å². The van der Waals surface area contributed by atoms with Crippen LogP contribution in [0.1, 0.15) is 55.9 Å². The Balaban J connectivity index is -0.000000173. The van der Waals surface area contributed by atoms with E-state index in [0.717, 1.165) is 17.4 Å². The van der Waals surface area contributed by atoms with Gasteiger partial charge in [-0.2, -0.15) is 0 Å². The van der Waals surface area contributed by atoms with Gasteiger partial charge in [-0.1, -0.05) is 92.3 Å². The van der Waals surface area contributed by atoms with E-state index in [2.05, 4.69) is 20.8 Å². The third kappa shape index (κ3) is 32.8. The number of ether oxygens (including phenoxy) is 4. The van der Waals surface area contributed by atoms with E-state index >= 15 is 0 Å². The lowest BCUT2D eigenvalue weighted by atomic mass is 10.3. The summed E-state index contributed by atoms with van der Waals surface area (Å²) in [5.74, 6) is 2.62. The van der Waals surface area contributed by atoms with Gasteiger partial charge in [-0.25, -0.2) is 0 Å². The van der Waals surface area contributed by atoms with E-state index < -0.39 is 0 Å². The molecule has 31 heavy (non-hydrogen) atoms. The lowest BCUT2D eigenvalue weighted by Gasteiger charge is -2.03. The van der Waals surface area contributed by atoms with Gasteiger partial charge in [0.25, 0.3) is 0 Å². The molecule has 0 bridgehead atoms. The summed E-state index contributed by atoms with van der Waals surface area (Å²) in [5, 5.41) is 0. The standard InChI is InChI=1S/2C9H12O2.C4H10.2C2H6.CH4/c2*1-10-7-8-11-9-5-3-2-4-6-9;1-4(2)3;2*1-2;/h2*2-6H,7-8H2,1H3;4H,1-3H3;2*1-2H3;1H4. The van der Waals surface area contributed by atoms with E-state index in [9.17, 15) is 0 Å². The first kappa shape index (κ1) is 36.3. The van der Waals surface area contributed by atoms with Gasteiger partial charge in [0.2, 0.25) is 0 Å². The molecular formula is C27H50O4. The Kier molecular flexibility index (Phi) is 38.2. The maximum Gasteiger partial charge on any atom is 0.119 e. The first-order chi connectivity index (χ1) is 14.6. The molecule has 0 N–H and O–H groups in total. The minimum Gasteiger partial charge on any atom is -0.491 e. The molecule has 4 heteroatoms. The Morgan fingerprint density at radius 1 is 0.548 bits per heavy atom. The number of benzene rings is 2. The second kappa shape index (κ2) is 32.6. The molecule has 0 saturated heterocycles. The topological polar surface area (TPSA) is 36.9 Å². The van der Waals surface area contributed by atoms with Gasteiger partial charge in [0.05, 0.1) is 13.2 Å². The monoisotopic (exact) mass is 438 g/mol. The van der Waals surface area contributed by atoms with Crippen molar-refractivity contribution in [3.8, 4) is 11.5 Å². The molecule has 4 nitrogen and oxygen atoms in total. The summed E-state index contributed by atoms with van der Waals surface area (Å²) in [6, 6.07) is 19.4. The molecule has 2 rings (SSSR count). The summed E-state index contributed by atoms with van der Waals surface area (Å²) >= 11 is 0. The van der Waals surface area contributed by atoms with Crippen molar-refractivity contribution in [1.29, 1.82) is 0 Å². The van der Waals surface area contributed by atoms with Crippen molar-refractivity contribution in [1.82, 2.24) is 0 Å². The maximum atomic E-state index is 5.32. The van der Waals surface area contributed by atoms with Crippen LogP contribution in [-0.2, 0) is 9.47 Å². The van der Waals surface area contributed by atoms with Gasteiger partial charge in [0.1, 0.15) is 24.7 Å². The fraction of sp³-hybridized carbons (Fsp3) is 0.556. The zero-order valence-corrected chi connectivity index (χ0v) is 20.8. The number of hydrogen-bond acceptors (Lipinski definition) is 4. The molecule has 0 aliphatic carbocycles. The fourth-order valence-corrected chi connectivity index (χ4v) is 1.52. The first-order valence-electron chi connectivity index (χ1n) is 10.9. The van der Waals surface area contributed by atoms with Crippen LogP contribution in [0.2, 0.25) is 0 Å². The lowest BCUT2D eigenvalue weighted by Crippen LogP contribution is -2.03. The summed E-state index contributed by atoms with van der Waals surface area (Å²) in [4.78, 5) is 0. The molecule has 2 aromatic rings. The van der Waals surface area contributed by atoms with Gasteiger partial charge in [-0.3, -0.25) is 0 Å². The minimum atomic E-state index is 0. The highest BCUT2D eigenvalue weighted by atomic mass is 16.5. The quantitative estimate of drug-likeness (QED) is 0.394. The third-order valence-electron chi connectivity index (χ3n) is 2.60. The Hall–Kier alpha value is -2.04. The summed E-state index contributed by atoms with van der Waals surface area (Å²) in [6.07, 6.45) is 0. The third-order valence-corrected chi connectivity index (χ3v) is 2.60. The second-order valence-corrected chi connectivity index (χ2v) is 6.04. The van der Waals surface area contributed by atoms with Crippen LogP contribution in [0.3, 0.4) is 0 Å². The Labute approximate surface area is 193 Å². The van der Waals surface area contributed by atoms with Crippen LogP contribution in [0.4, 0.5) is 0 Å². The largest absolute Gasteiger partial charge is 0.491 e. The number of para-hydroxylation sites is 2. The Morgan fingerprint density at radius 3 is 1.03 bits per heavy atom. The van der Waals surface area contributed by atoms with E-state index in [1.54, 1.807) is 14.2 Å². The maximum absolute atomic E-state index is 5.32. The summed E-state index contributed by atoms with van der Waals surface area (Å²) < 4.78 is 20.3. The van der Waals surface area contributed by atoms with Crippen molar-refractivity contribution >= 4 is 0 Å². The minimum absolute atomic E-state index is 0. The average molecular weight is 439 g/mol. The van der Waals surface area contributed by atoms with Crippen LogP contribution in [0.25, 0.3) is 0 Å². The molecule has 0 fully saturated rings.